The molecule has 0 aromatic rings. The van der Waals surface area contributed by atoms with Crippen LogP contribution < -0.4 is 0 Å². The van der Waals surface area contributed by atoms with Crippen LogP contribution in [-0.4, -0.2) is 59.9 Å². The van der Waals surface area contributed by atoms with E-state index >= 15 is 0 Å². The van der Waals surface area contributed by atoms with E-state index in [0.29, 0.717) is 0 Å². The lowest BCUT2D eigenvalue weighted by Gasteiger charge is -2.33. The first-order chi connectivity index (χ1) is 11.1. The minimum Gasteiger partial charge on any atom is -0.458 e. The van der Waals surface area contributed by atoms with Gasteiger partial charge in [-0.2, -0.15) is 0 Å². The van der Waals surface area contributed by atoms with Crippen molar-refractivity contribution in [2.45, 2.75) is 52.1 Å². The van der Waals surface area contributed by atoms with E-state index in [-0.39, 0.29) is 11.6 Å². The summed E-state index contributed by atoms with van der Waals surface area (Å²) in [4.78, 5) is 56.3. The van der Waals surface area contributed by atoms with E-state index in [1.165, 1.54) is 0 Å². The molecule has 10 heteroatoms. The molecule has 0 aliphatic carbocycles. The molecule has 0 aliphatic heterocycles. The van der Waals surface area contributed by atoms with Crippen LogP contribution in [0.3, 0.4) is 0 Å². The molecule has 9 nitrogen and oxygen atoms in total. The molecule has 136 valence electrons. The zero-order chi connectivity index (χ0) is 18.9. The molecular formula is C14H19BrO9. The van der Waals surface area contributed by atoms with Crippen LogP contribution in [-0.2, 0) is 42.9 Å². The lowest BCUT2D eigenvalue weighted by molar-refractivity contribution is -0.195. The van der Waals surface area contributed by atoms with Crippen molar-refractivity contribution < 1.29 is 42.9 Å². The standard InChI is InChI=1S/C14H19BrO9/c1-7(17)21-11(5-15)13(23-9(3)19)14(24-10(4)20)12(6-16)22-8(2)18/h6,11-14H,5H2,1-4H3. The first-order valence-electron chi connectivity index (χ1n) is 6.82. The molecule has 0 aromatic heterocycles. The molecule has 0 aromatic carbocycles. The van der Waals surface area contributed by atoms with Gasteiger partial charge in [-0.25, -0.2) is 0 Å². The first kappa shape index (κ1) is 22.0. The maximum absolute atomic E-state index is 11.4. The van der Waals surface area contributed by atoms with Gasteiger partial charge < -0.3 is 18.9 Å². The highest BCUT2D eigenvalue weighted by Crippen LogP contribution is 2.20. The van der Waals surface area contributed by atoms with E-state index in [9.17, 15) is 24.0 Å². The van der Waals surface area contributed by atoms with Crippen LogP contribution in [0.5, 0.6) is 0 Å². The summed E-state index contributed by atoms with van der Waals surface area (Å²) in [6.45, 7) is 4.32. The van der Waals surface area contributed by atoms with E-state index in [1.807, 2.05) is 0 Å². The van der Waals surface area contributed by atoms with Crippen LogP contribution in [0, 0.1) is 0 Å². The van der Waals surface area contributed by atoms with Crippen molar-refractivity contribution >= 4 is 46.1 Å². The van der Waals surface area contributed by atoms with Gasteiger partial charge in [-0.3, -0.25) is 24.0 Å². The van der Waals surface area contributed by atoms with Crippen molar-refractivity contribution in [1.29, 1.82) is 0 Å². The lowest BCUT2D eigenvalue weighted by Crippen LogP contribution is -2.52. The number of hydrogen-bond acceptors (Lipinski definition) is 9. The molecule has 0 aliphatic rings. The molecule has 0 heterocycles. The van der Waals surface area contributed by atoms with E-state index < -0.39 is 48.3 Å². The maximum Gasteiger partial charge on any atom is 0.303 e. The SMILES string of the molecule is CC(=O)OC(C=O)C(OC(C)=O)C(OC(C)=O)C(CBr)OC(C)=O. The Hall–Kier alpha value is -1.97. The number of hydrogen-bond donors (Lipinski definition) is 0. The number of halogens is 1. The predicted molar refractivity (Wildman–Crippen MR) is 82.1 cm³/mol. The van der Waals surface area contributed by atoms with Crippen molar-refractivity contribution in [3.05, 3.63) is 0 Å². The fourth-order valence-electron chi connectivity index (χ4n) is 1.82. The Morgan fingerprint density at radius 1 is 0.792 bits per heavy atom. The van der Waals surface area contributed by atoms with Crippen LogP contribution in [0.15, 0.2) is 0 Å². The normalized spacial score (nSPS) is 15.2. The van der Waals surface area contributed by atoms with E-state index in [1.54, 1.807) is 0 Å². The molecule has 0 spiro atoms. The largest absolute Gasteiger partial charge is 0.458 e. The Morgan fingerprint density at radius 3 is 1.54 bits per heavy atom. The van der Waals surface area contributed by atoms with Gasteiger partial charge in [0.1, 0.15) is 0 Å². The number of esters is 4. The van der Waals surface area contributed by atoms with E-state index in [2.05, 4.69) is 15.9 Å². The fourth-order valence-corrected chi connectivity index (χ4v) is 2.32. The minimum atomic E-state index is -1.55. The second kappa shape index (κ2) is 10.7. The van der Waals surface area contributed by atoms with Crippen LogP contribution in [0.25, 0.3) is 0 Å². The zero-order valence-corrected chi connectivity index (χ0v) is 15.2. The molecule has 0 saturated carbocycles. The summed E-state index contributed by atoms with van der Waals surface area (Å²) in [5.41, 5.74) is 0. The molecule has 0 N–H and O–H groups in total. The Labute approximate surface area is 147 Å². The third-order valence-corrected chi connectivity index (χ3v) is 3.16. The van der Waals surface area contributed by atoms with Crippen molar-refractivity contribution in [2.75, 3.05) is 5.33 Å². The quantitative estimate of drug-likeness (QED) is 0.228. The van der Waals surface area contributed by atoms with Gasteiger partial charge in [0.25, 0.3) is 0 Å². The second-order valence-corrected chi connectivity index (χ2v) is 5.31. The van der Waals surface area contributed by atoms with Gasteiger partial charge >= 0.3 is 23.9 Å². The number of aldehydes is 1. The first-order valence-corrected chi connectivity index (χ1v) is 7.94. The molecule has 0 radical (unpaired) electrons. The Morgan fingerprint density at radius 2 is 1.21 bits per heavy atom. The average molecular weight is 411 g/mol. The van der Waals surface area contributed by atoms with Crippen LogP contribution in [0.4, 0.5) is 0 Å². The molecular weight excluding hydrogens is 392 g/mol. The van der Waals surface area contributed by atoms with E-state index in [4.69, 9.17) is 18.9 Å². The summed E-state index contributed by atoms with van der Waals surface area (Å²) in [6.07, 6.45) is -5.27. The fraction of sp³-hybridized carbons (Fsp3) is 0.643. The summed E-state index contributed by atoms with van der Waals surface area (Å²) < 4.78 is 19.9. The highest BCUT2D eigenvalue weighted by Gasteiger charge is 2.42. The van der Waals surface area contributed by atoms with Gasteiger partial charge in [0, 0.05) is 33.0 Å². The topological polar surface area (TPSA) is 122 Å². The van der Waals surface area contributed by atoms with Gasteiger partial charge in [0.2, 0.25) is 0 Å². The highest BCUT2D eigenvalue weighted by molar-refractivity contribution is 9.09. The lowest BCUT2D eigenvalue weighted by atomic mass is 10.0. The molecule has 4 atom stereocenters. The van der Waals surface area contributed by atoms with Gasteiger partial charge in [-0.15, -0.1) is 0 Å². The molecule has 0 fully saturated rings. The zero-order valence-electron chi connectivity index (χ0n) is 13.6. The van der Waals surface area contributed by atoms with Gasteiger partial charge in [-0.1, -0.05) is 15.9 Å². The van der Waals surface area contributed by atoms with Gasteiger partial charge in [0.05, 0.1) is 0 Å². The molecule has 0 rings (SSSR count). The number of carbonyl (C=O) groups excluding carboxylic acids is 5. The smallest absolute Gasteiger partial charge is 0.303 e. The molecule has 24 heavy (non-hydrogen) atoms. The third-order valence-electron chi connectivity index (χ3n) is 2.52. The molecule has 0 saturated heterocycles. The van der Waals surface area contributed by atoms with Crippen molar-refractivity contribution in [1.82, 2.24) is 0 Å². The molecule has 0 amide bonds. The summed E-state index contributed by atoms with van der Waals surface area (Å²) in [6, 6.07) is 0. The van der Waals surface area contributed by atoms with Gasteiger partial charge in [-0.05, 0) is 0 Å². The average Bonchev–Trinajstić information content (AvgIpc) is 2.45. The van der Waals surface area contributed by atoms with Crippen molar-refractivity contribution in [3.8, 4) is 0 Å². The summed E-state index contributed by atoms with van der Waals surface area (Å²) in [7, 11) is 0. The summed E-state index contributed by atoms with van der Waals surface area (Å²) in [5.74, 6) is -3.09. The predicted octanol–water partition coefficient (Wildman–Crippen LogP) is 0.307. The second-order valence-electron chi connectivity index (χ2n) is 4.66. The Balaban J connectivity index is 5.79. The minimum absolute atomic E-state index is 0.00788. The Bertz CT molecular complexity index is 491. The van der Waals surface area contributed by atoms with Gasteiger partial charge in [0.15, 0.2) is 30.7 Å². The van der Waals surface area contributed by atoms with E-state index in [0.717, 1.165) is 27.7 Å². The van der Waals surface area contributed by atoms with Crippen LogP contribution >= 0.6 is 15.9 Å². The van der Waals surface area contributed by atoms with Crippen LogP contribution in [0.2, 0.25) is 0 Å². The number of ether oxygens (including phenoxy) is 4. The third kappa shape index (κ3) is 8.04. The van der Waals surface area contributed by atoms with Crippen LogP contribution in [0.1, 0.15) is 27.7 Å². The summed E-state index contributed by atoms with van der Waals surface area (Å²) in [5, 5.41) is 0.00788. The Kier molecular flexibility index (Phi) is 9.86. The molecule has 4 unspecified atom stereocenters. The van der Waals surface area contributed by atoms with Crippen molar-refractivity contribution in [2.24, 2.45) is 0 Å². The highest BCUT2D eigenvalue weighted by atomic mass is 79.9. The van der Waals surface area contributed by atoms with Crippen molar-refractivity contribution in [3.63, 3.8) is 0 Å². The number of rotatable bonds is 9. The number of alkyl halides is 1. The number of carbonyl (C=O) groups is 5. The molecule has 0 bridgehead atoms. The summed E-state index contributed by atoms with van der Waals surface area (Å²) >= 11 is 3.09. The maximum atomic E-state index is 11.4. The monoisotopic (exact) mass is 410 g/mol.